The number of amides is 1. The van der Waals surface area contributed by atoms with Gasteiger partial charge in [0.25, 0.3) is 0 Å². The first-order chi connectivity index (χ1) is 7.88. The number of ether oxygens (including phenoxy) is 1. The van der Waals surface area contributed by atoms with E-state index < -0.39 is 5.92 Å². The molecule has 0 heterocycles. The molecule has 0 aliphatic carbocycles. The molecule has 1 unspecified atom stereocenters. The summed E-state index contributed by atoms with van der Waals surface area (Å²) in [5.41, 5.74) is 1.65. The molecule has 5 heteroatoms. The van der Waals surface area contributed by atoms with E-state index in [1.165, 1.54) is 7.05 Å². The molecule has 2 N–H and O–H groups in total. The molecule has 0 radical (unpaired) electrons. The molecular weight excluding hydrogens is 240 g/mol. The lowest BCUT2D eigenvalue weighted by molar-refractivity contribution is -0.131. The standard InChI is InChI=1S/C12H17ClN2O2/c1-7-5-9(13)6-10(11(7)17-4)8(2)12(16)15(3)14/h5-6,8H,14H2,1-4H3. The Morgan fingerprint density at radius 2 is 2.12 bits per heavy atom. The highest BCUT2D eigenvalue weighted by Gasteiger charge is 2.22. The highest BCUT2D eigenvalue weighted by Crippen LogP contribution is 2.33. The molecule has 1 aromatic rings. The summed E-state index contributed by atoms with van der Waals surface area (Å²) in [5, 5.41) is 1.65. The molecule has 0 aliphatic rings. The number of hydrogen-bond donors (Lipinski definition) is 1. The summed E-state index contributed by atoms with van der Waals surface area (Å²) < 4.78 is 5.31. The molecule has 17 heavy (non-hydrogen) atoms. The van der Waals surface area contributed by atoms with Crippen molar-refractivity contribution in [1.82, 2.24) is 5.01 Å². The lowest BCUT2D eigenvalue weighted by atomic mass is 9.97. The fourth-order valence-corrected chi connectivity index (χ4v) is 2.08. The Labute approximate surface area is 106 Å². The number of aryl methyl sites for hydroxylation is 1. The smallest absolute Gasteiger partial charge is 0.243 e. The largest absolute Gasteiger partial charge is 0.496 e. The van der Waals surface area contributed by atoms with E-state index in [2.05, 4.69) is 0 Å². The van der Waals surface area contributed by atoms with Gasteiger partial charge >= 0.3 is 0 Å². The molecule has 94 valence electrons. The molecule has 0 fully saturated rings. The number of benzene rings is 1. The summed E-state index contributed by atoms with van der Waals surface area (Å²) >= 11 is 6.00. The summed E-state index contributed by atoms with van der Waals surface area (Å²) in [7, 11) is 3.09. The summed E-state index contributed by atoms with van der Waals surface area (Å²) in [6, 6.07) is 3.53. The van der Waals surface area contributed by atoms with Crippen molar-refractivity contribution in [3.8, 4) is 5.75 Å². The topological polar surface area (TPSA) is 55.6 Å². The van der Waals surface area contributed by atoms with Crippen molar-refractivity contribution in [3.05, 3.63) is 28.3 Å². The van der Waals surface area contributed by atoms with E-state index in [-0.39, 0.29) is 5.91 Å². The monoisotopic (exact) mass is 256 g/mol. The van der Waals surface area contributed by atoms with Gasteiger partial charge < -0.3 is 4.74 Å². The fourth-order valence-electron chi connectivity index (χ4n) is 1.79. The molecule has 1 atom stereocenters. The minimum absolute atomic E-state index is 0.190. The van der Waals surface area contributed by atoms with Crippen molar-refractivity contribution in [3.63, 3.8) is 0 Å². The van der Waals surface area contributed by atoms with Crippen LogP contribution in [0.15, 0.2) is 12.1 Å². The van der Waals surface area contributed by atoms with Crippen molar-refractivity contribution in [1.29, 1.82) is 0 Å². The zero-order chi connectivity index (χ0) is 13.2. The lowest BCUT2D eigenvalue weighted by Gasteiger charge is -2.20. The number of carbonyl (C=O) groups is 1. The fraction of sp³-hybridized carbons (Fsp3) is 0.417. The van der Waals surface area contributed by atoms with Crippen LogP contribution in [0.1, 0.15) is 24.0 Å². The Kier molecular flexibility index (Phi) is 4.37. The Balaban J connectivity index is 3.25. The first-order valence-electron chi connectivity index (χ1n) is 5.24. The van der Waals surface area contributed by atoms with Gasteiger partial charge in [0.2, 0.25) is 5.91 Å². The Bertz CT molecular complexity index is 433. The molecular formula is C12H17ClN2O2. The van der Waals surface area contributed by atoms with Crippen molar-refractivity contribution < 1.29 is 9.53 Å². The maximum absolute atomic E-state index is 11.8. The number of likely N-dealkylation sites (N-methyl/N-ethyl adjacent to an activating group) is 1. The number of carbonyl (C=O) groups excluding carboxylic acids is 1. The normalized spacial score (nSPS) is 12.1. The zero-order valence-corrected chi connectivity index (χ0v) is 11.2. The van der Waals surface area contributed by atoms with E-state index >= 15 is 0 Å². The maximum atomic E-state index is 11.8. The average molecular weight is 257 g/mol. The van der Waals surface area contributed by atoms with Crippen LogP contribution >= 0.6 is 11.6 Å². The molecule has 0 aliphatic heterocycles. The van der Waals surface area contributed by atoms with Crippen molar-refractivity contribution in [2.75, 3.05) is 14.2 Å². The van der Waals surface area contributed by atoms with Gasteiger partial charge in [-0.05, 0) is 31.5 Å². The van der Waals surface area contributed by atoms with Crippen LogP contribution in [0.2, 0.25) is 5.02 Å². The maximum Gasteiger partial charge on any atom is 0.243 e. The van der Waals surface area contributed by atoms with E-state index in [9.17, 15) is 4.79 Å². The van der Waals surface area contributed by atoms with Crippen LogP contribution in [0.5, 0.6) is 5.75 Å². The van der Waals surface area contributed by atoms with Crippen LogP contribution in [0.25, 0.3) is 0 Å². The van der Waals surface area contributed by atoms with Gasteiger partial charge in [0, 0.05) is 17.6 Å². The minimum Gasteiger partial charge on any atom is -0.496 e. The lowest BCUT2D eigenvalue weighted by Crippen LogP contribution is -2.36. The van der Waals surface area contributed by atoms with E-state index in [1.807, 2.05) is 6.92 Å². The molecule has 0 spiro atoms. The first kappa shape index (κ1) is 13.8. The third kappa shape index (κ3) is 2.90. The van der Waals surface area contributed by atoms with Gasteiger partial charge in [0.1, 0.15) is 5.75 Å². The van der Waals surface area contributed by atoms with Gasteiger partial charge in [0.05, 0.1) is 13.0 Å². The Hall–Kier alpha value is -1.26. The van der Waals surface area contributed by atoms with Crippen molar-refractivity contribution in [2.45, 2.75) is 19.8 Å². The van der Waals surface area contributed by atoms with Gasteiger partial charge in [-0.25, -0.2) is 5.84 Å². The molecule has 1 aromatic carbocycles. The van der Waals surface area contributed by atoms with Crippen LogP contribution in [0.4, 0.5) is 0 Å². The second-order valence-electron chi connectivity index (χ2n) is 4.02. The number of hydrazine groups is 1. The molecule has 4 nitrogen and oxygen atoms in total. The zero-order valence-electron chi connectivity index (χ0n) is 10.5. The number of halogens is 1. The summed E-state index contributed by atoms with van der Waals surface area (Å²) in [4.78, 5) is 11.8. The van der Waals surface area contributed by atoms with Gasteiger partial charge in [-0.15, -0.1) is 0 Å². The quantitative estimate of drug-likeness (QED) is 0.512. The van der Waals surface area contributed by atoms with Crippen LogP contribution in [-0.4, -0.2) is 25.1 Å². The van der Waals surface area contributed by atoms with E-state index in [1.54, 1.807) is 26.2 Å². The number of nitrogens with two attached hydrogens (primary N) is 1. The number of methoxy groups -OCH3 is 1. The predicted molar refractivity (Wildman–Crippen MR) is 68.1 cm³/mol. The van der Waals surface area contributed by atoms with Crippen molar-refractivity contribution >= 4 is 17.5 Å². The third-order valence-electron chi connectivity index (χ3n) is 2.66. The van der Waals surface area contributed by atoms with Crippen LogP contribution in [-0.2, 0) is 4.79 Å². The Morgan fingerprint density at radius 1 is 1.53 bits per heavy atom. The first-order valence-corrected chi connectivity index (χ1v) is 5.62. The molecule has 0 aromatic heterocycles. The van der Waals surface area contributed by atoms with Gasteiger partial charge in [-0.1, -0.05) is 11.6 Å². The SMILES string of the molecule is COc1c(C)cc(Cl)cc1C(C)C(=O)N(C)N. The third-order valence-corrected chi connectivity index (χ3v) is 2.88. The van der Waals surface area contributed by atoms with E-state index in [4.69, 9.17) is 22.2 Å². The van der Waals surface area contributed by atoms with Gasteiger partial charge in [0.15, 0.2) is 0 Å². The summed E-state index contributed by atoms with van der Waals surface area (Å²) in [6.07, 6.45) is 0. The van der Waals surface area contributed by atoms with Crippen LogP contribution in [0, 0.1) is 6.92 Å². The summed E-state index contributed by atoms with van der Waals surface area (Å²) in [5.74, 6) is 5.55. The molecule has 1 amide bonds. The second-order valence-corrected chi connectivity index (χ2v) is 4.45. The van der Waals surface area contributed by atoms with E-state index in [0.717, 1.165) is 16.1 Å². The minimum atomic E-state index is -0.391. The number of rotatable bonds is 3. The highest BCUT2D eigenvalue weighted by molar-refractivity contribution is 6.30. The Morgan fingerprint density at radius 3 is 2.59 bits per heavy atom. The average Bonchev–Trinajstić information content (AvgIpc) is 2.25. The van der Waals surface area contributed by atoms with Crippen molar-refractivity contribution in [2.24, 2.45) is 5.84 Å². The molecule has 0 saturated heterocycles. The van der Waals surface area contributed by atoms with Crippen LogP contribution < -0.4 is 10.6 Å². The van der Waals surface area contributed by atoms with E-state index in [0.29, 0.717) is 10.8 Å². The summed E-state index contributed by atoms with van der Waals surface area (Å²) in [6.45, 7) is 3.66. The van der Waals surface area contributed by atoms with Gasteiger partial charge in [-0.3, -0.25) is 9.80 Å². The highest BCUT2D eigenvalue weighted by atomic mass is 35.5. The number of nitrogens with zero attached hydrogens (tertiary/aromatic N) is 1. The molecule has 1 rings (SSSR count). The van der Waals surface area contributed by atoms with Crippen LogP contribution in [0.3, 0.4) is 0 Å². The molecule has 0 saturated carbocycles. The second kappa shape index (κ2) is 5.38. The predicted octanol–water partition coefficient (Wildman–Crippen LogP) is 2.09. The molecule has 0 bridgehead atoms. The number of hydrogen-bond acceptors (Lipinski definition) is 3. The van der Waals surface area contributed by atoms with Gasteiger partial charge in [-0.2, -0.15) is 0 Å².